The Morgan fingerprint density at radius 1 is 1.36 bits per heavy atom. The molecule has 0 aliphatic rings. The van der Waals surface area contributed by atoms with Crippen molar-refractivity contribution in [2.75, 3.05) is 13.1 Å². The molecule has 2 aromatic rings. The summed E-state index contributed by atoms with van der Waals surface area (Å²) in [6.07, 6.45) is 0.815. The van der Waals surface area contributed by atoms with Crippen molar-refractivity contribution in [1.82, 2.24) is 15.6 Å². The molecule has 0 saturated heterocycles. The first-order valence-corrected chi connectivity index (χ1v) is 10.4. The number of primary sulfonamides is 1. The molecule has 1 aromatic carbocycles. The van der Waals surface area contributed by atoms with Crippen LogP contribution in [0.3, 0.4) is 0 Å². The van der Waals surface area contributed by atoms with Crippen molar-refractivity contribution in [2.24, 2.45) is 10.1 Å². The van der Waals surface area contributed by atoms with Crippen LogP contribution in [0.2, 0.25) is 0 Å². The highest BCUT2D eigenvalue weighted by Gasteiger charge is 2.08. The number of rotatable bonds is 7. The number of nitrogens with two attached hydrogens (primary N) is 1. The summed E-state index contributed by atoms with van der Waals surface area (Å²) in [5, 5.41) is 14.7. The van der Waals surface area contributed by atoms with Crippen LogP contribution in [0, 0.1) is 6.92 Å². The number of aromatic nitrogens is 1. The molecule has 0 unspecified atom stereocenters. The van der Waals surface area contributed by atoms with Gasteiger partial charge in [-0.05, 0) is 31.5 Å². The molecule has 0 radical (unpaired) electrons. The van der Waals surface area contributed by atoms with Gasteiger partial charge >= 0.3 is 0 Å². The second kappa shape index (κ2) is 8.93. The molecule has 2 rings (SSSR count). The lowest BCUT2D eigenvalue weighted by atomic mass is 10.2. The van der Waals surface area contributed by atoms with Crippen LogP contribution in [0.25, 0.3) is 0 Å². The van der Waals surface area contributed by atoms with Crippen LogP contribution in [-0.2, 0) is 23.0 Å². The molecule has 0 aliphatic carbocycles. The van der Waals surface area contributed by atoms with Crippen LogP contribution in [-0.4, -0.2) is 32.5 Å². The van der Waals surface area contributed by atoms with Crippen molar-refractivity contribution < 1.29 is 8.42 Å². The number of nitrogens with zero attached hydrogens (tertiary/aromatic N) is 2. The normalized spacial score (nSPS) is 12.2. The minimum Gasteiger partial charge on any atom is -0.357 e. The Labute approximate surface area is 152 Å². The standard InChI is InChI=1S/C16H23N5O2S2/c1-3-18-16(19-8-7-14-11-24-12(2)21-14)20-10-13-5-4-6-15(9-13)25(17,22)23/h4-6,9,11H,3,7-8,10H2,1-2H3,(H2,17,22,23)(H2,18,19,20). The van der Waals surface area contributed by atoms with Gasteiger partial charge < -0.3 is 10.6 Å². The van der Waals surface area contributed by atoms with Gasteiger partial charge in [-0.1, -0.05) is 12.1 Å². The second-order valence-corrected chi connectivity index (χ2v) is 8.05. The van der Waals surface area contributed by atoms with Crippen LogP contribution in [0.4, 0.5) is 0 Å². The maximum absolute atomic E-state index is 11.4. The lowest BCUT2D eigenvalue weighted by Crippen LogP contribution is -2.38. The van der Waals surface area contributed by atoms with Crippen molar-refractivity contribution >= 4 is 27.3 Å². The molecule has 9 heteroatoms. The summed E-state index contributed by atoms with van der Waals surface area (Å²) < 4.78 is 22.8. The number of thiazole rings is 1. The first kappa shape index (κ1) is 19.4. The summed E-state index contributed by atoms with van der Waals surface area (Å²) in [6.45, 7) is 5.78. The van der Waals surface area contributed by atoms with Crippen molar-refractivity contribution in [3.05, 3.63) is 45.9 Å². The third-order valence-corrected chi connectivity index (χ3v) is 5.06. The zero-order valence-corrected chi connectivity index (χ0v) is 16.0. The number of sulfonamides is 1. The number of hydrogen-bond acceptors (Lipinski definition) is 5. The molecule has 0 aliphatic heterocycles. The summed E-state index contributed by atoms with van der Waals surface area (Å²) >= 11 is 1.64. The van der Waals surface area contributed by atoms with E-state index in [1.54, 1.807) is 23.5 Å². The molecule has 1 heterocycles. The fourth-order valence-electron chi connectivity index (χ4n) is 2.16. The van der Waals surface area contributed by atoms with E-state index in [2.05, 4.69) is 26.0 Å². The van der Waals surface area contributed by atoms with E-state index in [1.165, 1.54) is 6.07 Å². The molecule has 7 nitrogen and oxygen atoms in total. The van der Waals surface area contributed by atoms with Gasteiger partial charge in [0.1, 0.15) is 0 Å². The molecule has 0 spiro atoms. The van der Waals surface area contributed by atoms with Crippen molar-refractivity contribution in [3.63, 3.8) is 0 Å². The monoisotopic (exact) mass is 381 g/mol. The number of aryl methyl sites for hydroxylation is 1. The van der Waals surface area contributed by atoms with Gasteiger partial charge in [0.25, 0.3) is 0 Å². The zero-order chi connectivity index (χ0) is 18.3. The molecule has 0 fully saturated rings. The van der Waals surface area contributed by atoms with Crippen LogP contribution < -0.4 is 15.8 Å². The van der Waals surface area contributed by atoms with Gasteiger partial charge in [-0.2, -0.15) is 0 Å². The van der Waals surface area contributed by atoms with Gasteiger partial charge in [0.15, 0.2) is 5.96 Å². The Kier molecular flexibility index (Phi) is 6.91. The lowest BCUT2D eigenvalue weighted by molar-refractivity contribution is 0.597. The van der Waals surface area contributed by atoms with Gasteiger partial charge in [0.2, 0.25) is 10.0 Å². The van der Waals surface area contributed by atoms with Crippen LogP contribution in [0.15, 0.2) is 39.5 Å². The maximum atomic E-state index is 11.4. The quantitative estimate of drug-likeness (QED) is 0.496. The predicted molar refractivity (Wildman–Crippen MR) is 101 cm³/mol. The molecular formula is C16H23N5O2S2. The average Bonchev–Trinajstić information content (AvgIpc) is 2.97. The number of hydrogen-bond donors (Lipinski definition) is 3. The van der Waals surface area contributed by atoms with E-state index in [4.69, 9.17) is 5.14 Å². The van der Waals surface area contributed by atoms with Crippen LogP contribution in [0.5, 0.6) is 0 Å². The predicted octanol–water partition coefficient (Wildman–Crippen LogP) is 1.40. The average molecular weight is 382 g/mol. The van der Waals surface area contributed by atoms with E-state index in [0.717, 1.165) is 29.2 Å². The van der Waals surface area contributed by atoms with E-state index in [0.29, 0.717) is 19.0 Å². The molecule has 1 aromatic heterocycles. The van der Waals surface area contributed by atoms with E-state index in [-0.39, 0.29) is 4.90 Å². The minimum absolute atomic E-state index is 0.0945. The lowest BCUT2D eigenvalue weighted by Gasteiger charge is -2.11. The molecule has 0 atom stereocenters. The van der Waals surface area contributed by atoms with Gasteiger partial charge in [-0.15, -0.1) is 11.3 Å². The smallest absolute Gasteiger partial charge is 0.238 e. The molecular weight excluding hydrogens is 358 g/mol. The largest absolute Gasteiger partial charge is 0.357 e. The molecule has 0 bridgehead atoms. The third-order valence-electron chi connectivity index (χ3n) is 3.33. The zero-order valence-electron chi connectivity index (χ0n) is 14.3. The molecule has 25 heavy (non-hydrogen) atoms. The Balaban J connectivity index is 1.97. The minimum atomic E-state index is -3.70. The summed E-state index contributed by atoms with van der Waals surface area (Å²) in [7, 11) is -3.70. The number of benzene rings is 1. The SMILES string of the molecule is CCNC(=NCc1cccc(S(N)(=O)=O)c1)NCCc1csc(C)n1. The first-order chi connectivity index (χ1) is 11.9. The third kappa shape index (κ3) is 6.45. The highest BCUT2D eigenvalue weighted by atomic mass is 32.2. The highest BCUT2D eigenvalue weighted by molar-refractivity contribution is 7.89. The molecule has 4 N–H and O–H groups in total. The van der Waals surface area contributed by atoms with Gasteiger partial charge in [-0.25, -0.2) is 23.5 Å². The van der Waals surface area contributed by atoms with E-state index in [9.17, 15) is 8.42 Å². The summed E-state index contributed by atoms with van der Waals surface area (Å²) in [5.74, 6) is 0.676. The Morgan fingerprint density at radius 2 is 2.16 bits per heavy atom. The Morgan fingerprint density at radius 3 is 2.80 bits per heavy atom. The molecule has 136 valence electrons. The molecule has 0 amide bonds. The summed E-state index contributed by atoms with van der Waals surface area (Å²) in [5.41, 5.74) is 1.84. The topological polar surface area (TPSA) is 109 Å². The van der Waals surface area contributed by atoms with Gasteiger partial charge in [0, 0.05) is 24.9 Å². The fraction of sp³-hybridized carbons (Fsp3) is 0.375. The maximum Gasteiger partial charge on any atom is 0.238 e. The second-order valence-electron chi connectivity index (χ2n) is 5.42. The van der Waals surface area contributed by atoms with E-state index < -0.39 is 10.0 Å². The van der Waals surface area contributed by atoms with Crippen molar-refractivity contribution in [2.45, 2.75) is 31.7 Å². The van der Waals surface area contributed by atoms with E-state index >= 15 is 0 Å². The van der Waals surface area contributed by atoms with Crippen LogP contribution >= 0.6 is 11.3 Å². The Bertz CT molecular complexity index is 831. The van der Waals surface area contributed by atoms with E-state index in [1.807, 2.05) is 19.9 Å². The molecule has 0 saturated carbocycles. The van der Waals surface area contributed by atoms with Gasteiger partial charge in [-0.3, -0.25) is 0 Å². The summed E-state index contributed by atoms with van der Waals surface area (Å²) in [4.78, 5) is 9.01. The number of guanidine groups is 1. The Hall–Kier alpha value is -1.97. The van der Waals surface area contributed by atoms with Gasteiger partial charge in [0.05, 0.1) is 22.1 Å². The number of nitrogens with one attached hydrogen (secondary N) is 2. The first-order valence-electron chi connectivity index (χ1n) is 7.93. The fourth-order valence-corrected chi connectivity index (χ4v) is 3.40. The van der Waals surface area contributed by atoms with Crippen molar-refractivity contribution in [1.29, 1.82) is 0 Å². The van der Waals surface area contributed by atoms with Crippen LogP contribution in [0.1, 0.15) is 23.2 Å². The highest BCUT2D eigenvalue weighted by Crippen LogP contribution is 2.11. The number of aliphatic imine (C=N–C) groups is 1. The summed E-state index contributed by atoms with van der Waals surface area (Å²) in [6, 6.07) is 6.50. The van der Waals surface area contributed by atoms with Crippen molar-refractivity contribution in [3.8, 4) is 0 Å².